The van der Waals surface area contributed by atoms with Crippen LogP contribution in [0.15, 0.2) is 30.5 Å². The SMILES string of the molecule is CC(C)c1ncc(-c2ccccc2F)c(N)n1. The quantitative estimate of drug-likeness (QED) is 0.864. The van der Waals surface area contributed by atoms with Crippen molar-refractivity contribution in [2.75, 3.05) is 5.73 Å². The number of anilines is 1. The molecule has 88 valence electrons. The van der Waals surface area contributed by atoms with E-state index in [0.717, 1.165) is 0 Å². The van der Waals surface area contributed by atoms with Gasteiger partial charge in [-0.2, -0.15) is 0 Å². The molecule has 0 aliphatic rings. The molecule has 0 saturated carbocycles. The van der Waals surface area contributed by atoms with E-state index in [2.05, 4.69) is 9.97 Å². The van der Waals surface area contributed by atoms with Gasteiger partial charge in [0.1, 0.15) is 17.5 Å². The number of hydrogen-bond acceptors (Lipinski definition) is 3. The third kappa shape index (κ3) is 2.25. The lowest BCUT2D eigenvalue weighted by Crippen LogP contribution is -2.03. The second kappa shape index (κ2) is 4.49. The molecule has 0 aliphatic heterocycles. The van der Waals surface area contributed by atoms with E-state index in [4.69, 9.17) is 5.73 Å². The maximum absolute atomic E-state index is 13.6. The van der Waals surface area contributed by atoms with Crippen molar-refractivity contribution in [3.63, 3.8) is 0 Å². The van der Waals surface area contributed by atoms with E-state index in [1.54, 1.807) is 24.4 Å². The summed E-state index contributed by atoms with van der Waals surface area (Å²) in [6.07, 6.45) is 1.58. The van der Waals surface area contributed by atoms with Gasteiger partial charge in [-0.1, -0.05) is 32.0 Å². The molecule has 0 fully saturated rings. The van der Waals surface area contributed by atoms with Crippen LogP contribution in [0.4, 0.5) is 10.2 Å². The minimum Gasteiger partial charge on any atom is -0.383 e. The van der Waals surface area contributed by atoms with Gasteiger partial charge in [-0.15, -0.1) is 0 Å². The van der Waals surface area contributed by atoms with Crippen LogP contribution in [-0.2, 0) is 0 Å². The summed E-state index contributed by atoms with van der Waals surface area (Å²) < 4.78 is 13.6. The van der Waals surface area contributed by atoms with Crippen LogP contribution in [0.25, 0.3) is 11.1 Å². The topological polar surface area (TPSA) is 51.8 Å². The van der Waals surface area contributed by atoms with Crippen LogP contribution < -0.4 is 5.73 Å². The molecule has 2 rings (SSSR count). The molecule has 0 spiro atoms. The van der Waals surface area contributed by atoms with E-state index in [1.807, 2.05) is 13.8 Å². The summed E-state index contributed by atoms with van der Waals surface area (Å²) >= 11 is 0. The van der Waals surface area contributed by atoms with Gasteiger partial charge in [0.15, 0.2) is 0 Å². The van der Waals surface area contributed by atoms with Gasteiger partial charge in [0.25, 0.3) is 0 Å². The predicted molar refractivity (Wildman–Crippen MR) is 65.9 cm³/mol. The molecule has 1 heterocycles. The average Bonchev–Trinajstić information content (AvgIpc) is 2.30. The average molecular weight is 231 g/mol. The number of halogens is 1. The molecule has 4 heteroatoms. The van der Waals surface area contributed by atoms with Crippen molar-refractivity contribution in [3.8, 4) is 11.1 Å². The van der Waals surface area contributed by atoms with Gasteiger partial charge in [0, 0.05) is 23.2 Å². The smallest absolute Gasteiger partial charge is 0.135 e. The highest BCUT2D eigenvalue weighted by Gasteiger charge is 2.11. The summed E-state index contributed by atoms with van der Waals surface area (Å²) in [4.78, 5) is 8.39. The van der Waals surface area contributed by atoms with Crippen molar-refractivity contribution in [3.05, 3.63) is 42.1 Å². The molecule has 0 bridgehead atoms. The lowest BCUT2D eigenvalue weighted by atomic mass is 10.1. The summed E-state index contributed by atoms with van der Waals surface area (Å²) in [7, 11) is 0. The number of benzene rings is 1. The molecule has 0 unspecified atom stereocenters. The zero-order valence-corrected chi connectivity index (χ0v) is 9.81. The molecule has 0 radical (unpaired) electrons. The van der Waals surface area contributed by atoms with E-state index in [0.29, 0.717) is 22.8 Å². The van der Waals surface area contributed by atoms with Gasteiger partial charge in [-0.3, -0.25) is 0 Å². The molecule has 1 aromatic heterocycles. The highest BCUT2D eigenvalue weighted by molar-refractivity contribution is 5.73. The maximum atomic E-state index is 13.6. The van der Waals surface area contributed by atoms with Crippen molar-refractivity contribution < 1.29 is 4.39 Å². The zero-order chi connectivity index (χ0) is 12.4. The van der Waals surface area contributed by atoms with Crippen molar-refractivity contribution in [2.45, 2.75) is 19.8 Å². The molecule has 2 N–H and O–H groups in total. The lowest BCUT2D eigenvalue weighted by Gasteiger charge is -2.09. The predicted octanol–water partition coefficient (Wildman–Crippen LogP) is 2.99. The normalized spacial score (nSPS) is 10.8. The molecule has 0 aliphatic carbocycles. The first-order chi connectivity index (χ1) is 8.09. The number of nitrogens with zero attached hydrogens (tertiary/aromatic N) is 2. The highest BCUT2D eigenvalue weighted by Crippen LogP contribution is 2.26. The van der Waals surface area contributed by atoms with Crippen LogP contribution in [0.5, 0.6) is 0 Å². The second-order valence-corrected chi connectivity index (χ2v) is 4.16. The first-order valence-electron chi connectivity index (χ1n) is 5.47. The molecule has 0 saturated heterocycles. The van der Waals surface area contributed by atoms with E-state index in [1.165, 1.54) is 6.07 Å². The minimum absolute atomic E-state index is 0.201. The summed E-state index contributed by atoms with van der Waals surface area (Å²) in [5, 5.41) is 0. The van der Waals surface area contributed by atoms with Gasteiger partial charge in [0.2, 0.25) is 0 Å². The molecule has 1 aromatic carbocycles. The van der Waals surface area contributed by atoms with Gasteiger partial charge >= 0.3 is 0 Å². The van der Waals surface area contributed by atoms with Crippen molar-refractivity contribution in [2.24, 2.45) is 0 Å². The van der Waals surface area contributed by atoms with Crippen LogP contribution in [0, 0.1) is 5.82 Å². The van der Waals surface area contributed by atoms with Gasteiger partial charge in [-0.05, 0) is 6.07 Å². The Morgan fingerprint density at radius 1 is 1.18 bits per heavy atom. The van der Waals surface area contributed by atoms with Gasteiger partial charge in [0.05, 0.1) is 0 Å². The number of aromatic nitrogens is 2. The molecular formula is C13H14FN3. The number of hydrogen-bond donors (Lipinski definition) is 1. The Kier molecular flexibility index (Phi) is 3.04. The Morgan fingerprint density at radius 3 is 2.47 bits per heavy atom. The summed E-state index contributed by atoms with van der Waals surface area (Å²) in [5.41, 5.74) is 6.81. The largest absolute Gasteiger partial charge is 0.383 e. The fraction of sp³-hybridized carbons (Fsp3) is 0.231. The Balaban J connectivity index is 2.51. The second-order valence-electron chi connectivity index (χ2n) is 4.16. The summed E-state index contributed by atoms with van der Waals surface area (Å²) in [5.74, 6) is 0.864. The molecule has 0 amide bonds. The molecule has 17 heavy (non-hydrogen) atoms. The standard InChI is InChI=1S/C13H14FN3/c1-8(2)13-16-7-10(12(15)17-13)9-5-3-4-6-11(9)14/h3-8H,1-2H3,(H2,15,16,17). The number of nitrogen functional groups attached to an aromatic ring is 1. The Bertz CT molecular complexity index is 538. The third-order valence-corrected chi connectivity index (χ3v) is 2.52. The first kappa shape index (κ1) is 11.5. The zero-order valence-electron chi connectivity index (χ0n) is 9.81. The van der Waals surface area contributed by atoms with Crippen molar-refractivity contribution in [1.29, 1.82) is 0 Å². The van der Waals surface area contributed by atoms with E-state index in [-0.39, 0.29) is 11.7 Å². The Hall–Kier alpha value is -1.97. The summed E-state index contributed by atoms with van der Waals surface area (Å²) in [6.45, 7) is 3.97. The van der Waals surface area contributed by atoms with Crippen LogP contribution in [0.1, 0.15) is 25.6 Å². The lowest BCUT2D eigenvalue weighted by molar-refractivity contribution is 0.631. The first-order valence-corrected chi connectivity index (χ1v) is 5.47. The van der Waals surface area contributed by atoms with Crippen LogP contribution >= 0.6 is 0 Å². The third-order valence-electron chi connectivity index (χ3n) is 2.52. The fourth-order valence-corrected chi connectivity index (χ4v) is 1.57. The number of rotatable bonds is 2. The highest BCUT2D eigenvalue weighted by atomic mass is 19.1. The van der Waals surface area contributed by atoms with Crippen molar-refractivity contribution >= 4 is 5.82 Å². The fourth-order valence-electron chi connectivity index (χ4n) is 1.57. The van der Waals surface area contributed by atoms with E-state index < -0.39 is 0 Å². The van der Waals surface area contributed by atoms with Crippen LogP contribution in [0.3, 0.4) is 0 Å². The molecular weight excluding hydrogens is 217 g/mol. The van der Waals surface area contributed by atoms with Crippen molar-refractivity contribution in [1.82, 2.24) is 9.97 Å². The molecule has 2 aromatic rings. The van der Waals surface area contributed by atoms with Gasteiger partial charge < -0.3 is 5.73 Å². The Morgan fingerprint density at radius 2 is 1.88 bits per heavy atom. The number of nitrogens with two attached hydrogens (primary N) is 1. The summed E-state index contributed by atoms with van der Waals surface area (Å²) in [6, 6.07) is 6.46. The monoisotopic (exact) mass is 231 g/mol. The van der Waals surface area contributed by atoms with Crippen LogP contribution in [-0.4, -0.2) is 9.97 Å². The molecule has 3 nitrogen and oxygen atoms in total. The molecule has 0 atom stereocenters. The van der Waals surface area contributed by atoms with Gasteiger partial charge in [-0.25, -0.2) is 14.4 Å². The Labute approximate surface area is 99.5 Å². The van der Waals surface area contributed by atoms with E-state index >= 15 is 0 Å². The van der Waals surface area contributed by atoms with Crippen LogP contribution in [0.2, 0.25) is 0 Å². The maximum Gasteiger partial charge on any atom is 0.135 e. The minimum atomic E-state index is -0.319. The van der Waals surface area contributed by atoms with E-state index in [9.17, 15) is 4.39 Å².